The van der Waals surface area contributed by atoms with E-state index in [9.17, 15) is 0 Å². The lowest BCUT2D eigenvalue weighted by Gasteiger charge is -2.34. The van der Waals surface area contributed by atoms with Gasteiger partial charge in [-0.25, -0.2) is 4.98 Å². The van der Waals surface area contributed by atoms with E-state index in [4.69, 9.17) is 4.98 Å². The van der Waals surface area contributed by atoms with Crippen LogP contribution in [-0.4, -0.2) is 40.9 Å². The lowest BCUT2D eigenvalue weighted by atomic mass is 9.89. The van der Waals surface area contributed by atoms with Gasteiger partial charge in [0, 0.05) is 19.1 Å². The number of nitrogens with zero attached hydrogens (tertiary/aromatic N) is 4. The molecule has 0 saturated carbocycles. The number of hydrogen-bond donors (Lipinski definition) is 1. The van der Waals surface area contributed by atoms with Crippen LogP contribution in [0.5, 0.6) is 0 Å². The molecule has 0 aliphatic carbocycles. The third kappa shape index (κ3) is 3.18. The van der Waals surface area contributed by atoms with Crippen molar-refractivity contribution in [2.75, 3.05) is 24.5 Å². The normalized spacial score (nSPS) is 23.7. The number of aromatic nitrogens is 3. The zero-order chi connectivity index (χ0) is 14.7. The number of aryl methyl sites for hydroxylation is 2. The molecule has 116 valence electrons. The summed E-state index contributed by atoms with van der Waals surface area (Å²) in [5.41, 5.74) is 2.16. The Hall–Kier alpha value is -1.23. The quantitative estimate of drug-likeness (QED) is 0.918. The Morgan fingerprint density at radius 3 is 2.43 bits per heavy atom. The maximum absolute atomic E-state index is 4.74. The van der Waals surface area contributed by atoms with E-state index in [1.807, 2.05) is 0 Å². The van der Waals surface area contributed by atoms with Crippen LogP contribution in [0.4, 0.5) is 5.95 Å². The Balaban J connectivity index is 1.63. The number of nitrogens with one attached hydrogen (secondary N) is 1. The molecule has 21 heavy (non-hydrogen) atoms. The van der Waals surface area contributed by atoms with Crippen molar-refractivity contribution in [3.8, 4) is 0 Å². The van der Waals surface area contributed by atoms with E-state index in [2.05, 4.69) is 34.3 Å². The molecule has 0 amide bonds. The van der Waals surface area contributed by atoms with Crippen LogP contribution < -0.4 is 10.2 Å². The van der Waals surface area contributed by atoms with E-state index in [1.54, 1.807) is 0 Å². The van der Waals surface area contributed by atoms with Gasteiger partial charge in [-0.1, -0.05) is 13.8 Å². The van der Waals surface area contributed by atoms with Crippen molar-refractivity contribution in [2.24, 2.45) is 5.92 Å². The Morgan fingerprint density at radius 1 is 1.05 bits per heavy atom. The molecule has 1 N–H and O–H groups in total. The fraction of sp³-hybridized carbons (Fsp3) is 0.812. The lowest BCUT2D eigenvalue weighted by molar-refractivity contribution is 0.317. The van der Waals surface area contributed by atoms with Crippen LogP contribution >= 0.6 is 0 Å². The van der Waals surface area contributed by atoms with Crippen molar-refractivity contribution in [3.63, 3.8) is 0 Å². The molecule has 5 nitrogen and oxygen atoms in total. The van der Waals surface area contributed by atoms with Crippen molar-refractivity contribution >= 4 is 5.95 Å². The van der Waals surface area contributed by atoms with Crippen LogP contribution in [0.1, 0.15) is 50.9 Å². The highest BCUT2D eigenvalue weighted by Gasteiger charge is 2.29. The second kappa shape index (κ2) is 6.69. The molecule has 2 fully saturated rings. The van der Waals surface area contributed by atoms with E-state index in [-0.39, 0.29) is 0 Å². The number of anilines is 1. The molecule has 1 aromatic rings. The van der Waals surface area contributed by atoms with Gasteiger partial charge in [0.2, 0.25) is 5.95 Å². The van der Waals surface area contributed by atoms with Gasteiger partial charge in [-0.2, -0.15) is 5.10 Å². The van der Waals surface area contributed by atoms with E-state index in [0.717, 1.165) is 55.2 Å². The van der Waals surface area contributed by atoms with Crippen molar-refractivity contribution in [1.82, 2.24) is 20.5 Å². The molecule has 5 heteroatoms. The summed E-state index contributed by atoms with van der Waals surface area (Å²) in [4.78, 5) is 7.06. The predicted molar refractivity (Wildman–Crippen MR) is 84.5 cm³/mol. The van der Waals surface area contributed by atoms with Gasteiger partial charge >= 0.3 is 0 Å². The molecular weight excluding hydrogens is 262 g/mol. The minimum absolute atomic E-state index is 0.750. The van der Waals surface area contributed by atoms with Crippen LogP contribution in [0, 0.1) is 5.92 Å². The largest absolute Gasteiger partial charge is 0.339 e. The topological polar surface area (TPSA) is 53.9 Å². The van der Waals surface area contributed by atoms with Crippen LogP contribution in [0.3, 0.4) is 0 Å². The Morgan fingerprint density at radius 2 is 1.81 bits per heavy atom. The number of hydrogen-bond acceptors (Lipinski definition) is 5. The van der Waals surface area contributed by atoms with Crippen LogP contribution in [0.2, 0.25) is 0 Å². The minimum atomic E-state index is 0.750. The predicted octanol–water partition coefficient (Wildman–Crippen LogP) is 1.96. The lowest BCUT2D eigenvalue weighted by Crippen LogP contribution is -2.41. The summed E-state index contributed by atoms with van der Waals surface area (Å²) < 4.78 is 0. The van der Waals surface area contributed by atoms with Gasteiger partial charge in [-0.05, 0) is 51.0 Å². The Kier molecular flexibility index (Phi) is 4.68. The van der Waals surface area contributed by atoms with Gasteiger partial charge in [0.05, 0.1) is 11.4 Å². The van der Waals surface area contributed by atoms with Gasteiger partial charge in [-0.15, -0.1) is 5.10 Å². The summed E-state index contributed by atoms with van der Waals surface area (Å²) in [6.45, 7) is 7.60. The Labute approximate surface area is 127 Å². The second-order valence-electron chi connectivity index (χ2n) is 6.24. The first-order valence-electron chi connectivity index (χ1n) is 8.52. The monoisotopic (exact) mass is 289 g/mol. The third-order valence-electron chi connectivity index (χ3n) is 4.99. The van der Waals surface area contributed by atoms with E-state index in [0.29, 0.717) is 0 Å². The molecule has 1 aromatic heterocycles. The van der Waals surface area contributed by atoms with Crippen molar-refractivity contribution in [1.29, 1.82) is 0 Å². The average molecular weight is 289 g/mol. The van der Waals surface area contributed by atoms with Gasteiger partial charge in [0.1, 0.15) is 0 Å². The average Bonchev–Trinajstić information content (AvgIpc) is 3.09. The highest BCUT2D eigenvalue weighted by atomic mass is 15.3. The second-order valence-corrected chi connectivity index (χ2v) is 6.24. The summed E-state index contributed by atoms with van der Waals surface area (Å²) in [5.74, 6) is 1.67. The van der Waals surface area contributed by atoms with Gasteiger partial charge < -0.3 is 10.2 Å². The highest BCUT2D eigenvalue weighted by molar-refractivity contribution is 5.31. The van der Waals surface area contributed by atoms with E-state index in [1.165, 1.54) is 32.2 Å². The summed E-state index contributed by atoms with van der Waals surface area (Å²) in [5, 5.41) is 12.4. The number of rotatable bonds is 4. The fourth-order valence-corrected chi connectivity index (χ4v) is 3.68. The maximum Gasteiger partial charge on any atom is 0.245 e. The maximum atomic E-state index is 4.74. The summed E-state index contributed by atoms with van der Waals surface area (Å²) in [7, 11) is 0. The zero-order valence-electron chi connectivity index (χ0n) is 13.3. The Bertz CT molecular complexity index is 462. The van der Waals surface area contributed by atoms with Crippen LogP contribution in [0.15, 0.2) is 0 Å². The molecule has 2 aliphatic heterocycles. The van der Waals surface area contributed by atoms with Crippen LogP contribution in [0.25, 0.3) is 0 Å². The van der Waals surface area contributed by atoms with E-state index < -0.39 is 0 Å². The molecule has 3 heterocycles. The molecule has 3 rings (SSSR count). The molecule has 0 bridgehead atoms. The zero-order valence-corrected chi connectivity index (χ0v) is 13.3. The molecular formula is C16H27N5. The highest BCUT2D eigenvalue weighted by Crippen LogP contribution is 2.27. The van der Waals surface area contributed by atoms with Crippen molar-refractivity contribution in [3.05, 3.63) is 11.4 Å². The first-order valence-corrected chi connectivity index (χ1v) is 8.52. The summed E-state index contributed by atoms with van der Waals surface area (Å²) >= 11 is 0. The molecule has 0 spiro atoms. The molecule has 1 atom stereocenters. The van der Waals surface area contributed by atoms with Crippen LogP contribution in [-0.2, 0) is 12.8 Å². The van der Waals surface area contributed by atoms with E-state index >= 15 is 0 Å². The van der Waals surface area contributed by atoms with Gasteiger partial charge in [0.25, 0.3) is 0 Å². The number of piperidine rings is 1. The molecule has 2 aliphatic rings. The van der Waals surface area contributed by atoms with Crippen molar-refractivity contribution < 1.29 is 0 Å². The first-order chi connectivity index (χ1) is 10.3. The molecule has 0 radical (unpaired) electrons. The smallest absolute Gasteiger partial charge is 0.245 e. The summed E-state index contributed by atoms with van der Waals surface area (Å²) in [6, 6.07) is 0.750. The minimum Gasteiger partial charge on any atom is -0.339 e. The van der Waals surface area contributed by atoms with Gasteiger partial charge in [-0.3, -0.25) is 0 Å². The van der Waals surface area contributed by atoms with Crippen molar-refractivity contribution in [2.45, 2.75) is 58.4 Å². The molecule has 2 saturated heterocycles. The standard InChI is InChI=1S/C16H27N5/c1-3-13-14(4-2)19-20-16(18-13)21-10-7-12(8-11-21)15-6-5-9-17-15/h12,15,17H,3-11H2,1-2H3. The molecule has 1 unspecified atom stereocenters. The SMILES string of the molecule is CCc1nnc(N2CCC(C3CCCN3)CC2)nc1CC. The first kappa shape index (κ1) is 14.7. The molecule has 0 aromatic carbocycles. The summed E-state index contributed by atoms with van der Waals surface area (Å²) in [6.07, 6.45) is 7.05. The fourth-order valence-electron chi connectivity index (χ4n) is 3.68. The third-order valence-corrected chi connectivity index (χ3v) is 4.99. The van der Waals surface area contributed by atoms with Gasteiger partial charge in [0.15, 0.2) is 0 Å².